The first-order chi connectivity index (χ1) is 12.2. The molecular formula is C14H18BrF2N3O6. The number of hydrogen-bond acceptors (Lipinski definition) is 7. The predicted molar refractivity (Wildman–Crippen MR) is 88.0 cm³/mol. The third-order valence-corrected chi connectivity index (χ3v) is 4.25. The molecule has 1 aromatic heterocycles. The van der Waals surface area contributed by atoms with Gasteiger partial charge in [0.25, 0.3) is 0 Å². The summed E-state index contributed by atoms with van der Waals surface area (Å²) in [4.78, 5) is 27.2. The summed E-state index contributed by atoms with van der Waals surface area (Å²) in [5.74, 6) is -4.04. The molecule has 0 radical (unpaired) electrons. The van der Waals surface area contributed by atoms with Crippen LogP contribution in [0.3, 0.4) is 0 Å². The van der Waals surface area contributed by atoms with Gasteiger partial charge in [0.15, 0.2) is 11.9 Å². The molecule has 1 fully saturated rings. The monoisotopic (exact) mass is 441 g/mol. The van der Waals surface area contributed by atoms with E-state index in [0.29, 0.717) is 11.0 Å². The van der Waals surface area contributed by atoms with Gasteiger partial charge in [0.2, 0.25) is 6.23 Å². The molecule has 9 nitrogen and oxygen atoms in total. The number of aliphatic hydroxyl groups is 2. The van der Waals surface area contributed by atoms with E-state index in [0.717, 1.165) is 12.6 Å². The largest absolute Gasteiger partial charge is 0.449 e. The summed E-state index contributed by atoms with van der Waals surface area (Å²) < 4.78 is 38.5. The van der Waals surface area contributed by atoms with Crippen molar-refractivity contribution in [1.82, 2.24) is 9.55 Å². The molecule has 2 rings (SSSR count). The molecule has 0 aliphatic carbocycles. The number of nitrogens with zero attached hydrogens (tertiary/aromatic N) is 2. The molecule has 12 heteroatoms. The van der Waals surface area contributed by atoms with Gasteiger partial charge in [-0.1, -0.05) is 13.3 Å². The van der Waals surface area contributed by atoms with Gasteiger partial charge in [-0.2, -0.15) is 13.8 Å². The lowest BCUT2D eigenvalue weighted by Gasteiger charge is -2.21. The molecule has 3 atom stereocenters. The second kappa shape index (κ2) is 8.37. The number of hydrogen-bond donors (Lipinski definition) is 3. The topological polar surface area (TPSA) is 123 Å². The Morgan fingerprint density at radius 3 is 2.85 bits per heavy atom. The van der Waals surface area contributed by atoms with E-state index in [4.69, 9.17) is 14.6 Å². The van der Waals surface area contributed by atoms with Gasteiger partial charge in [0.05, 0.1) is 17.7 Å². The number of rotatable bonds is 6. The summed E-state index contributed by atoms with van der Waals surface area (Å²) in [5, 5.41) is 20.8. The maximum atomic E-state index is 14.1. The van der Waals surface area contributed by atoms with Crippen molar-refractivity contribution in [1.29, 1.82) is 0 Å². The fraction of sp³-hybridized carbons (Fsp3) is 0.643. The summed E-state index contributed by atoms with van der Waals surface area (Å²) in [6.45, 7) is 1.25. The number of halogens is 3. The lowest BCUT2D eigenvalue weighted by molar-refractivity contribution is -0.141. The Kier molecular flexibility index (Phi) is 6.66. The van der Waals surface area contributed by atoms with Crippen molar-refractivity contribution in [2.24, 2.45) is 0 Å². The smallest absolute Gasteiger partial charge is 0.412 e. The van der Waals surface area contributed by atoms with E-state index in [-0.39, 0.29) is 16.9 Å². The molecule has 2 heterocycles. The molecule has 0 bridgehead atoms. The second-order valence-corrected chi connectivity index (χ2v) is 6.42. The van der Waals surface area contributed by atoms with E-state index in [1.807, 2.05) is 6.92 Å². The van der Waals surface area contributed by atoms with Crippen LogP contribution in [0.2, 0.25) is 0 Å². The van der Waals surface area contributed by atoms with Crippen molar-refractivity contribution >= 4 is 27.8 Å². The quantitative estimate of drug-likeness (QED) is 0.567. The van der Waals surface area contributed by atoms with Gasteiger partial charge in [-0.15, -0.1) is 0 Å². The van der Waals surface area contributed by atoms with E-state index in [1.165, 1.54) is 0 Å². The van der Waals surface area contributed by atoms with E-state index in [9.17, 15) is 23.5 Å². The first-order valence-electron chi connectivity index (χ1n) is 7.77. The Morgan fingerprint density at radius 1 is 1.58 bits per heavy atom. The van der Waals surface area contributed by atoms with Crippen LogP contribution in [-0.2, 0) is 9.47 Å². The fourth-order valence-electron chi connectivity index (χ4n) is 2.26. The van der Waals surface area contributed by atoms with Crippen LogP contribution in [0.25, 0.3) is 0 Å². The zero-order valence-corrected chi connectivity index (χ0v) is 15.3. The highest BCUT2D eigenvalue weighted by Crippen LogP contribution is 2.42. The molecule has 3 N–H and O–H groups in total. The van der Waals surface area contributed by atoms with Gasteiger partial charge in [0.1, 0.15) is 6.10 Å². The Bertz CT molecular complexity index is 716. The average Bonchev–Trinajstić information content (AvgIpc) is 2.81. The van der Waals surface area contributed by atoms with Crippen LogP contribution in [0.15, 0.2) is 15.5 Å². The molecule has 1 saturated heterocycles. The van der Waals surface area contributed by atoms with Crippen LogP contribution < -0.4 is 11.0 Å². The third-order valence-electron chi connectivity index (χ3n) is 3.67. The number of anilines is 1. The number of aliphatic hydroxyl groups excluding tert-OH is 2. The minimum Gasteiger partial charge on any atom is -0.449 e. The summed E-state index contributed by atoms with van der Waals surface area (Å²) in [6, 6.07) is 0. The number of aromatic nitrogens is 2. The Morgan fingerprint density at radius 2 is 2.27 bits per heavy atom. The molecule has 0 aromatic carbocycles. The molecule has 0 spiro atoms. The summed E-state index contributed by atoms with van der Waals surface area (Å²) in [7, 11) is 0. The van der Waals surface area contributed by atoms with Crippen LogP contribution in [0.5, 0.6) is 0 Å². The molecule has 1 aliphatic rings. The van der Waals surface area contributed by atoms with Gasteiger partial charge < -0.3 is 19.7 Å². The molecule has 0 saturated carbocycles. The third kappa shape index (κ3) is 4.19. The number of carbonyl (C=O) groups excluding carboxylic acids is 1. The summed E-state index contributed by atoms with van der Waals surface area (Å²) >= 11 is 3.02. The maximum Gasteiger partial charge on any atom is 0.412 e. The molecule has 1 aliphatic heterocycles. The van der Waals surface area contributed by atoms with E-state index in [2.05, 4.69) is 26.2 Å². The van der Waals surface area contributed by atoms with Gasteiger partial charge in [0, 0.05) is 6.20 Å². The zero-order chi connectivity index (χ0) is 19.5. The predicted octanol–water partition coefficient (Wildman–Crippen LogP) is 1.24. The van der Waals surface area contributed by atoms with Crippen LogP contribution in [0, 0.1) is 0 Å². The highest BCUT2D eigenvalue weighted by molar-refractivity contribution is 9.10. The highest BCUT2D eigenvalue weighted by atomic mass is 79.9. The van der Waals surface area contributed by atoms with Crippen LogP contribution in [0.1, 0.15) is 26.0 Å². The van der Waals surface area contributed by atoms with Crippen molar-refractivity contribution in [2.45, 2.75) is 44.1 Å². The molecule has 26 heavy (non-hydrogen) atoms. The number of unbranched alkanes of at least 4 members (excludes halogenated alkanes) is 1. The van der Waals surface area contributed by atoms with Crippen LogP contribution in [-0.4, -0.2) is 57.2 Å². The van der Waals surface area contributed by atoms with Gasteiger partial charge in [-0.05, 0) is 22.4 Å². The molecular weight excluding hydrogens is 424 g/mol. The Labute approximate surface area is 155 Å². The SMILES string of the molecule is CCCCOC(=O)Nc1nc(=O)n([C@@H]2O[C@H](CO)C(O)C2(F)F)cc1Br. The fourth-order valence-corrected chi connectivity index (χ4v) is 2.67. The second-order valence-electron chi connectivity index (χ2n) is 5.57. The summed E-state index contributed by atoms with van der Waals surface area (Å²) in [5.41, 5.74) is -1.15. The Hall–Kier alpha value is -1.63. The molecule has 1 aromatic rings. The van der Waals surface area contributed by atoms with Gasteiger partial charge in [-0.25, -0.2) is 9.59 Å². The number of amides is 1. The normalized spacial score (nSPS) is 24.5. The van der Waals surface area contributed by atoms with Gasteiger partial charge in [-0.3, -0.25) is 9.88 Å². The number of carbonyl (C=O) groups is 1. The van der Waals surface area contributed by atoms with Crippen molar-refractivity contribution in [3.8, 4) is 0 Å². The van der Waals surface area contributed by atoms with Gasteiger partial charge >= 0.3 is 17.7 Å². The lowest BCUT2D eigenvalue weighted by atomic mass is 10.1. The minimum absolute atomic E-state index is 0.0193. The minimum atomic E-state index is -3.83. The van der Waals surface area contributed by atoms with Crippen molar-refractivity contribution in [2.75, 3.05) is 18.5 Å². The van der Waals surface area contributed by atoms with Crippen LogP contribution >= 0.6 is 15.9 Å². The van der Waals surface area contributed by atoms with E-state index in [1.54, 1.807) is 0 Å². The summed E-state index contributed by atoms with van der Waals surface area (Å²) in [6.07, 6.45) is -4.41. The molecule has 1 unspecified atom stereocenters. The standard InChI is InChI=1S/C14H18BrF2N3O6/c1-2-3-4-25-13(24)19-10-7(15)5-20(12(23)18-10)11-14(16,17)9(22)8(6-21)26-11/h5,8-9,11,21-22H,2-4,6H2,1H3,(H,18,19,23,24)/t8-,9?,11-/m1/s1. The number of alkyl halides is 2. The highest BCUT2D eigenvalue weighted by Gasteiger charge is 2.59. The number of ether oxygens (including phenoxy) is 2. The average molecular weight is 442 g/mol. The lowest BCUT2D eigenvalue weighted by Crippen LogP contribution is -2.42. The molecule has 1 amide bonds. The van der Waals surface area contributed by atoms with Crippen molar-refractivity contribution in [3.63, 3.8) is 0 Å². The van der Waals surface area contributed by atoms with Crippen molar-refractivity contribution < 1.29 is 33.3 Å². The van der Waals surface area contributed by atoms with E-state index < -0.39 is 42.7 Å². The van der Waals surface area contributed by atoms with E-state index >= 15 is 0 Å². The Balaban J connectivity index is 2.22. The number of nitrogens with one attached hydrogen (secondary N) is 1. The maximum absolute atomic E-state index is 14.1. The zero-order valence-electron chi connectivity index (χ0n) is 13.7. The molecule has 146 valence electrons. The van der Waals surface area contributed by atoms with Crippen molar-refractivity contribution in [3.05, 3.63) is 21.2 Å². The van der Waals surface area contributed by atoms with Crippen LogP contribution in [0.4, 0.5) is 19.4 Å². The first kappa shape index (κ1) is 20.7. The first-order valence-corrected chi connectivity index (χ1v) is 8.56.